The molecule has 0 unspecified atom stereocenters. The average molecular weight is 562 g/mol. The highest BCUT2D eigenvalue weighted by molar-refractivity contribution is 7.92. The maximum atomic E-state index is 12.6. The molecule has 3 aromatic rings. The van der Waals surface area contributed by atoms with Crippen molar-refractivity contribution in [1.82, 2.24) is 10.3 Å². The van der Waals surface area contributed by atoms with Crippen molar-refractivity contribution in [3.63, 3.8) is 0 Å². The van der Waals surface area contributed by atoms with Crippen molar-refractivity contribution in [3.8, 4) is 5.75 Å². The van der Waals surface area contributed by atoms with Gasteiger partial charge < -0.3 is 10.1 Å². The molecule has 36 heavy (non-hydrogen) atoms. The third kappa shape index (κ3) is 7.25. The first kappa shape index (κ1) is 27.6. The number of amides is 1. The molecule has 1 heterocycles. The number of halogens is 5. The number of aryl methyl sites for hydroxylation is 1. The molecule has 0 spiro atoms. The number of methoxy groups -OCH3 is 1. The number of aromatic nitrogens is 1. The summed E-state index contributed by atoms with van der Waals surface area (Å²) in [5.41, 5.74) is 0.193. The summed E-state index contributed by atoms with van der Waals surface area (Å²) in [6.45, 7) is -0.0628. The third-order valence-electron chi connectivity index (χ3n) is 4.97. The molecule has 192 valence electrons. The Kier molecular flexibility index (Phi) is 8.70. The Morgan fingerprint density at radius 3 is 2.50 bits per heavy atom. The quantitative estimate of drug-likeness (QED) is 0.368. The number of sulfonamides is 1. The Morgan fingerprint density at radius 1 is 1.11 bits per heavy atom. The zero-order valence-electron chi connectivity index (χ0n) is 18.7. The summed E-state index contributed by atoms with van der Waals surface area (Å²) in [5, 5.41) is 3.17. The van der Waals surface area contributed by atoms with E-state index in [1.165, 1.54) is 31.4 Å². The monoisotopic (exact) mass is 561 g/mol. The number of nitrogens with one attached hydrogen (secondary N) is 2. The van der Waals surface area contributed by atoms with Gasteiger partial charge in [0.25, 0.3) is 5.91 Å². The van der Waals surface area contributed by atoms with Gasteiger partial charge in [-0.05, 0) is 47.9 Å². The first-order valence-corrected chi connectivity index (χ1v) is 12.7. The minimum absolute atomic E-state index is 0.0628. The number of ether oxygens (including phenoxy) is 1. The largest absolute Gasteiger partial charge is 0.495 e. The van der Waals surface area contributed by atoms with E-state index < -0.39 is 27.8 Å². The first-order valence-electron chi connectivity index (χ1n) is 10.3. The SMILES string of the molecule is COc1cc(C(=O)NCc2ccc(C(F)(F)F)nc2)ccc1NS(=O)(=O)CCc1cccc(Cl)c1Cl. The Balaban J connectivity index is 1.64. The van der Waals surface area contributed by atoms with Crippen molar-refractivity contribution in [2.45, 2.75) is 19.1 Å². The van der Waals surface area contributed by atoms with Gasteiger partial charge in [0.15, 0.2) is 0 Å². The number of alkyl halides is 3. The number of rotatable bonds is 9. The molecule has 1 amide bonds. The van der Waals surface area contributed by atoms with E-state index in [0.29, 0.717) is 16.1 Å². The highest BCUT2D eigenvalue weighted by Gasteiger charge is 2.32. The molecule has 0 radical (unpaired) electrons. The fourth-order valence-electron chi connectivity index (χ4n) is 3.10. The van der Waals surface area contributed by atoms with Gasteiger partial charge in [-0.2, -0.15) is 13.2 Å². The van der Waals surface area contributed by atoms with E-state index in [-0.39, 0.29) is 40.7 Å². The van der Waals surface area contributed by atoms with Crippen molar-refractivity contribution in [2.75, 3.05) is 17.6 Å². The molecular weight excluding hydrogens is 542 g/mol. The molecule has 0 saturated carbocycles. The molecule has 0 aliphatic heterocycles. The summed E-state index contributed by atoms with van der Waals surface area (Å²) in [5.74, 6) is -0.721. The van der Waals surface area contributed by atoms with Gasteiger partial charge in [0.05, 0.1) is 28.6 Å². The molecule has 0 saturated heterocycles. The number of carbonyl (C=O) groups excluding carboxylic acids is 1. The first-order chi connectivity index (χ1) is 16.9. The molecule has 0 atom stereocenters. The van der Waals surface area contributed by atoms with Gasteiger partial charge in [0.1, 0.15) is 11.4 Å². The van der Waals surface area contributed by atoms with Crippen molar-refractivity contribution in [3.05, 3.63) is 87.2 Å². The molecule has 0 aliphatic rings. The number of hydrogen-bond donors (Lipinski definition) is 2. The average Bonchev–Trinajstić information content (AvgIpc) is 2.83. The standard InChI is InChI=1S/C23H20Cl2F3N3O4S/c1-35-19-11-16(22(32)30-13-14-5-8-20(29-12-14)23(26,27)28)6-7-18(19)31-36(33,34)10-9-15-3-2-4-17(24)21(15)25/h2-8,11-12,31H,9-10,13H2,1H3,(H,30,32). The zero-order valence-corrected chi connectivity index (χ0v) is 21.0. The molecule has 2 N–H and O–H groups in total. The summed E-state index contributed by atoms with van der Waals surface area (Å²) < 4.78 is 70.7. The molecule has 3 rings (SSSR count). The van der Waals surface area contributed by atoms with Crippen LogP contribution in [0.4, 0.5) is 18.9 Å². The number of nitrogens with zero attached hydrogens (tertiary/aromatic N) is 1. The lowest BCUT2D eigenvalue weighted by Gasteiger charge is -2.14. The van der Waals surface area contributed by atoms with Gasteiger partial charge in [-0.15, -0.1) is 0 Å². The fraction of sp³-hybridized carbons (Fsp3) is 0.217. The molecule has 13 heteroatoms. The summed E-state index contributed by atoms with van der Waals surface area (Å²) in [7, 11) is -2.49. The van der Waals surface area contributed by atoms with E-state index in [4.69, 9.17) is 27.9 Å². The molecule has 2 aromatic carbocycles. The minimum Gasteiger partial charge on any atom is -0.495 e. The highest BCUT2D eigenvalue weighted by Crippen LogP contribution is 2.29. The van der Waals surface area contributed by atoms with Gasteiger partial charge in [-0.1, -0.05) is 41.4 Å². The molecule has 0 bridgehead atoms. The van der Waals surface area contributed by atoms with E-state index in [9.17, 15) is 26.4 Å². The van der Waals surface area contributed by atoms with Crippen LogP contribution in [0.3, 0.4) is 0 Å². The van der Waals surface area contributed by atoms with Crippen molar-refractivity contribution in [1.29, 1.82) is 0 Å². The van der Waals surface area contributed by atoms with Crippen LogP contribution < -0.4 is 14.8 Å². The van der Waals surface area contributed by atoms with Crippen LogP contribution in [0.1, 0.15) is 27.2 Å². The summed E-state index contributed by atoms with van der Waals surface area (Å²) in [6, 6.07) is 11.1. The van der Waals surface area contributed by atoms with Crippen LogP contribution in [0.25, 0.3) is 0 Å². The van der Waals surface area contributed by atoms with Crippen LogP contribution in [0, 0.1) is 0 Å². The maximum absolute atomic E-state index is 12.6. The Hall–Kier alpha value is -3.02. The van der Waals surface area contributed by atoms with Gasteiger partial charge in [-0.25, -0.2) is 8.42 Å². The van der Waals surface area contributed by atoms with Gasteiger partial charge in [-0.3, -0.25) is 14.5 Å². The summed E-state index contributed by atoms with van der Waals surface area (Å²) in [6.07, 6.45) is -3.40. The number of pyridine rings is 1. The van der Waals surface area contributed by atoms with Crippen LogP contribution >= 0.6 is 23.2 Å². The Bertz CT molecular complexity index is 1350. The molecule has 7 nitrogen and oxygen atoms in total. The second-order valence-corrected chi connectivity index (χ2v) is 10.2. The van der Waals surface area contributed by atoms with Crippen LogP contribution in [0.5, 0.6) is 5.75 Å². The van der Waals surface area contributed by atoms with E-state index in [2.05, 4.69) is 15.0 Å². The second kappa shape index (κ2) is 11.4. The Morgan fingerprint density at radius 2 is 1.86 bits per heavy atom. The Labute approximate surface area is 215 Å². The number of benzene rings is 2. The smallest absolute Gasteiger partial charge is 0.433 e. The number of hydrogen-bond acceptors (Lipinski definition) is 5. The lowest BCUT2D eigenvalue weighted by Crippen LogP contribution is -2.23. The molecule has 0 aliphatic carbocycles. The molecule has 1 aromatic heterocycles. The number of carbonyl (C=O) groups is 1. The minimum atomic E-state index is -4.55. The van der Waals surface area contributed by atoms with Crippen LogP contribution in [-0.2, 0) is 29.2 Å². The van der Waals surface area contributed by atoms with Gasteiger partial charge >= 0.3 is 6.18 Å². The van der Waals surface area contributed by atoms with Crippen LogP contribution in [0.2, 0.25) is 10.0 Å². The maximum Gasteiger partial charge on any atom is 0.433 e. The van der Waals surface area contributed by atoms with Crippen LogP contribution in [0.15, 0.2) is 54.7 Å². The van der Waals surface area contributed by atoms with Gasteiger partial charge in [0, 0.05) is 18.3 Å². The van der Waals surface area contributed by atoms with E-state index in [1.807, 2.05) is 0 Å². The van der Waals surface area contributed by atoms with Crippen molar-refractivity contribution >= 4 is 44.8 Å². The normalized spacial score (nSPS) is 11.7. The van der Waals surface area contributed by atoms with E-state index in [0.717, 1.165) is 12.3 Å². The molecule has 0 fully saturated rings. The predicted molar refractivity (Wildman–Crippen MR) is 131 cm³/mol. The summed E-state index contributed by atoms with van der Waals surface area (Å²) >= 11 is 12.1. The second-order valence-electron chi connectivity index (χ2n) is 7.53. The highest BCUT2D eigenvalue weighted by atomic mass is 35.5. The summed E-state index contributed by atoms with van der Waals surface area (Å²) in [4.78, 5) is 15.8. The lowest BCUT2D eigenvalue weighted by atomic mass is 10.1. The molecular formula is C23H20Cl2F3N3O4S. The zero-order chi connectivity index (χ0) is 26.5. The number of anilines is 1. The van der Waals surface area contributed by atoms with Gasteiger partial charge in [0.2, 0.25) is 10.0 Å². The fourth-order valence-corrected chi connectivity index (χ4v) is 4.61. The van der Waals surface area contributed by atoms with Crippen LogP contribution in [-0.4, -0.2) is 32.2 Å². The van der Waals surface area contributed by atoms with Crippen molar-refractivity contribution in [2.24, 2.45) is 0 Å². The predicted octanol–water partition coefficient (Wildman–Crippen LogP) is 5.33. The third-order valence-corrected chi connectivity index (χ3v) is 7.10. The van der Waals surface area contributed by atoms with E-state index >= 15 is 0 Å². The van der Waals surface area contributed by atoms with Crippen molar-refractivity contribution < 1.29 is 31.1 Å². The lowest BCUT2D eigenvalue weighted by molar-refractivity contribution is -0.141. The topological polar surface area (TPSA) is 97.4 Å². The van der Waals surface area contributed by atoms with E-state index in [1.54, 1.807) is 18.2 Å².